The predicted molar refractivity (Wildman–Crippen MR) is 64.1 cm³/mol. The van der Waals surface area contributed by atoms with Crippen molar-refractivity contribution in [2.45, 2.75) is 70.7 Å². The lowest BCUT2D eigenvalue weighted by atomic mass is 10.1. The second-order valence-electron chi connectivity index (χ2n) is 6.09. The van der Waals surface area contributed by atoms with Gasteiger partial charge in [-0.25, -0.2) is 0 Å². The van der Waals surface area contributed by atoms with Crippen LogP contribution in [-0.2, 0) is 18.9 Å². The van der Waals surface area contributed by atoms with Crippen molar-refractivity contribution in [1.82, 2.24) is 0 Å². The maximum Gasteiger partial charge on any atom is 0.115 e. The Labute approximate surface area is 104 Å². The molecule has 0 radical (unpaired) electrons. The van der Waals surface area contributed by atoms with Gasteiger partial charge < -0.3 is 18.9 Å². The fourth-order valence-electron chi connectivity index (χ4n) is 2.45. The van der Waals surface area contributed by atoms with E-state index < -0.39 is 0 Å². The molecule has 100 valence electrons. The second-order valence-corrected chi connectivity index (χ2v) is 6.09. The summed E-state index contributed by atoms with van der Waals surface area (Å²) in [6.07, 6.45) is 0.339. The van der Waals surface area contributed by atoms with Gasteiger partial charge in [-0.1, -0.05) is 0 Å². The largest absolute Gasteiger partial charge is 0.370 e. The Hall–Kier alpha value is -0.160. The van der Waals surface area contributed by atoms with Crippen LogP contribution in [0.1, 0.15) is 34.6 Å². The zero-order valence-electron chi connectivity index (χ0n) is 11.4. The van der Waals surface area contributed by atoms with Crippen molar-refractivity contribution in [2.24, 2.45) is 0 Å². The van der Waals surface area contributed by atoms with Gasteiger partial charge in [0.15, 0.2) is 0 Å². The Morgan fingerprint density at radius 1 is 1.00 bits per heavy atom. The highest BCUT2D eigenvalue weighted by atomic mass is 16.6. The molecule has 0 amide bonds. The van der Waals surface area contributed by atoms with E-state index in [0.717, 1.165) is 0 Å². The molecule has 0 saturated carbocycles. The van der Waals surface area contributed by atoms with Gasteiger partial charge in [0.1, 0.15) is 24.4 Å². The Bertz CT molecular complexity index is 259. The van der Waals surface area contributed by atoms with Crippen LogP contribution < -0.4 is 0 Å². The minimum Gasteiger partial charge on any atom is -0.370 e. The third kappa shape index (κ3) is 3.19. The molecule has 2 fully saturated rings. The Kier molecular flexibility index (Phi) is 3.78. The molecule has 0 spiro atoms. The lowest BCUT2D eigenvalue weighted by Crippen LogP contribution is -2.38. The first-order valence-electron chi connectivity index (χ1n) is 6.43. The summed E-state index contributed by atoms with van der Waals surface area (Å²) in [6, 6.07) is 0. The van der Waals surface area contributed by atoms with E-state index in [9.17, 15) is 0 Å². The van der Waals surface area contributed by atoms with Crippen LogP contribution in [0.5, 0.6) is 0 Å². The molecule has 0 unspecified atom stereocenters. The molecule has 17 heavy (non-hydrogen) atoms. The van der Waals surface area contributed by atoms with E-state index in [4.69, 9.17) is 18.9 Å². The predicted octanol–water partition coefficient (Wildman–Crippen LogP) is 1.76. The van der Waals surface area contributed by atoms with E-state index in [1.807, 2.05) is 13.8 Å². The zero-order chi connectivity index (χ0) is 12.6. The fourth-order valence-corrected chi connectivity index (χ4v) is 2.45. The topological polar surface area (TPSA) is 36.9 Å². The molecule has 0 N–H and O–H groups in total. The number of hydrogen-bond donors (Lipinski definition) is 0. The first-order chi connectivity index (χ1) is 7.87. The molecule has 2 heterocycles. The minimum absolute atomic E-state index is 0.0259. The Morgan fingerprint density at radius 3 is 2.06 bits per heavy atom. The van der Waals surface area contributed by atoms with E-state index in [0.29, 0.717) is 13.2 Å². The summed E-state index contributed by atoms with van der Waals surface area (Å²) in [4.78, 5) is 0. The smallest absolute Gasteiger partial charge is 0.115 e. The SMILES string of the molecule is CC(C)O[C@H]1CO[C@H]2[C@@H]1OC[C@@H]2OC(C)(C)C. The van der Waals surface area contributed by atoms with Crippen LogP contribution >= 0.6 is 0 Å². The first kappa shape index (κ1) is 13.3. The van der Waals surface area contributed by atoms with Crippen LogP contribution in [0.15, 0.2) is 0 Å². The third-order valence-corrected chi connectivity index (χ3v) is 2.91. The van der Waals surface area contributed by atoms with E-state index >= 15 is 0 Å². The summed E-state index contributed by atoms with van der Waals surface area (Å²) < 4.78 is 23.3. The van der Waals surface area contributed by atoms with Crippen LogP contribution in [-0.4, -0.2) is 49.3 Å². The zero-order valence-corrected chi connectivity index (χ0v) is 11.4. The molecular formula is C13H24O4. The molecule has 2 aliphatic rings. The van der Waals surface area contributed by atoms with Crippen LogP contribution in [0, 0.1) is 0 Å². The van der Waals surface area contributed by atoms with Gasteiger partial charge in [0.05, 0.1) is 24.9 Å². The fraction of sp³-hybridized carbons (Fsp3) is 1.00. The molecule has 0 aromatic carbocycles. The van der Waals surface area contributed by atoms with Crippen molar-refractivity contribution in [3.63, 3.8) is 0 Å². The molecule has 0 aromatic heterocycles. The number of hydrogen-bond acceptors (Lipinski definition) is 4. The quantitative estimate of drug-likeness (QED) is 0.758. The number of rotatable bonds is 3. The molecule has 2 aliphatic heterocycles. The van der Waals surface area contributed by atoms with Crippen LogP contribution in [0.4, 0.5) is 0 Å². The maximum absolute atomic E-state index is 5.96. The average molecular weight is 244 g/mol. The molecule has 4 nitrogen and oxygen atoms in total. The second kappa shape index (κ2) is 4.84. The van der Waals surface area contributed by atoms with Crippen molar-refractivity contribution in [3.05, 3.63) is 0 Å². The highest BCUT2D eigenvalue weighted by Gasteiger charge is 2.49. The van der Waals surface area contributed by atoms with Crippen LogP contribution in [0.25, 0.3) is 0 Å². The minimum atomic E-state index is -0.163. The van der Waals surface area contributed by atoms with Gasteiger partial charge in [-0.3, -0.25) is 0 Å². The summed E-state index contributed by atoms with van der Waals surface area (Å²) in [7, 11) is 0. The van der Waals surface area contributed by atoms with Gasteiger partial charge in [-0.05, 0) is 34.6 Å². The summed E-state index contributed by atoms with van der Waals surface area (Å²) in [5.74, 6) is 0. The van der Waals surface area contributed by atoms with Crippen molar-refractivity contribution in [3.8, 4) is 0 Å². The standard InChI is InChI=1S/C13H24O4/c1-8(2)16-9-6-14-12-10(7-15-11(9)12)17-13(3,4)5/h8-12H,6-7H2,1-5H3/t9-,10-,11+,12+/m0/s1. The van der Waals surface area contributed by atoms with Gasteiger partial charge in [-0.15, -0.1) is 0 Å². The average Bonchev–Trinajstić information content (AvgIpc) is 2.68. The molecule has 0 aliphatic carbocycles. The van der Waals surface area contributed by atoms with Crippen molar-refractivity contribution in [1.29, 1.82) is 0 Å². The van der Waals surface area contributed by atoms with Crippen LogP contribution in [0.2, 0.25) is 0 Å². The summed E-state index contributed by atoms with van der Waals surface area (Å²) in [5, 5.41) is 0. The third-order valence-electron chi connectivity index (χ3n) is 2.91. The highest BCUT2D eigenvalue weighted by molar-refractivity contribution is 4.96. The molecule has 4 atom stereocenters. The van der Waals surface area contributed by atoms with Gasteiger partial charge in [0.2, 0.25) is 0 Å². The normalized spacial score (nSPS) is 37.8. The summed E-state index contributed by atoms with van der Waals surface area (Å²) in [6.45, 7) is 11.4. The van der Waals surface area contributed by atoms with E-state index in [2.05, 4.69) is 20.8 Å². The van der Waals surface area contributed by atoms with Gasteiger partial charge in [0, 0.05) is 0 Å². The van der Waals surface area contributed by atoms with E-state index in [1.54, 1.807) is 0 Å². The van der Waals surface area contributed by atoms with E-state index in [1.165, 1.54) is 0 Å². The van der Waals surface area contributed by atoms with Crippen molar-refractivity contribution >= 4 is 0 Å². The van der Waals surface area contributed by atoms with Gasteiger partial charge in [-0.2, -0.15) is 0 Å². The molecule has 0 aromatic rings. The first-order valence-corrected chi connectivity index (χ1v) is 6.43. The lowest BCUT2D eigenvalue weighted by Gasteiger charge is -2.26. The molecule has 2 rings (SSSR count). The molecule has 4 heteroatoms. The van der Waals surface area contributed by atoms with Crippen molar-refractivity contribution < 1.29 is 18.9 Å². The molecule has 2 saturated heterocycles. The van der Waals surface area contributed by atoms with E-state index in [-0.39, 0.29) is 36.1 Å². The van der Waals surface area contributed by atoms with Gasteiger partial charge >= 0.3 is 0 Å². The Morgan fingerprint density at radius 2 is 1.53 bits per heavy atom. The van der Waals surface area contributed by atoms with Gasteiger partial charge in [0.25, 0.3) is 0 Å². The highest BCUT2D eigenvalue weighted by Crippen LogP contribution is 2.32. The molecule has 0 bridgehead atoms. The maximum atomic E-state index is 5.96. The van der Waals surface area contributed by atoms with Crippen LogP contribution in [0.3, 0.4) is 0 Å². The monoisotopic (exact) mass is 244 g/mol. The van der Waals surface area contributed by atoms with Crippen molar-refractivity contribution in [2.75, 3.05) is 13.2 Å². The summed E-state index contributed by atoms with van der Waals surface area (Å²) in [5.41, 5.74) is -0.163. The number of ether oxygens (including phenoxy) is 4. The molecular weight excluding hydrogens is 220 g/mol. The summed E-state index contributed by atoms with van der Waals surface area (Å²) >= 11 is 0. The lowest BCUT2D eigenvalue weighted by molar-refractivity contribution is -0.107. The Balaban J connectivity index is 1.92. The number of fused-ring (bicyclic) bond motifs is 1.